The zero-order valence-corrected chi connectivity index (χ0v) is 8.16. The molecule has 0 spiro atoms. The lowest BCUT2D eigenvalue weighted by Crippen LogP contribution is -2.22. The van der Waals surface area contributed by atoms with Crippen molar-refractivity contribution in [2.45, 2.75) is 6.90 Å². The molecule has 0 fully saturated rings. The fourth-order valence-electron chi connectivity index (χ4n) is 1.34. The molecule has 1 atom stereocenters. The summed E-state index contributed by atoms with van der Waals surface area (Å²) >= 11 is 0. The average Bonchev–Trinajstić information content (AvgIpc) is 2.82. The molecule has 15 heavy (non-hydrogen) atoms. The van der Waals surface area contributed by atoms with E-state index in [2.05, 4.69) is 5.32 Å². The molecular weight excluding hydrogens is 194 g/mol. The highest BCUT2D eigenvalue weighted by Crippen LogP contribution is 2.32. The molecule has 1 heterocycles. The van der Waals surface area contributed by atoms with E-state index < -0.39 is 6.52 Å². The first-order chi connectivity index (χ1) is 8.20. The largest absolute Gasteiger partial charge is 0.454 e. The van der Waals surface area contributed by atoms with Crippen LogP contribution in [0.3, 0.4) is 0 Å². The Labute approximate surface area is 91.0 Å². The first kappa shape index (κ1) is 7.70. The predicted molar refractivity (Wildman–Crippen MR) is 55.4 cm³/mol. The Morgan fingerprint density at radius 1 is 1.60 bits per heavy atom. The van der Waals surface area contributed by atoms with Gasteiger partial charge in [-0.15, -0.1) is 0 Å². The molecule has 80 valence electrons. The molecular formula is C11H13NO3. The Morgan fingerprint density at radius 3 is 3.33 bits per heavy atom. The molecule has 0 aromatic heterocycles. The summed E-state index contributed by atoms with van der Waals surface area (Å²) in [4.78, 5) is 11.8. The fraction of sp³-hybridized carbons (Fsp3) is 0.364. The highest BCUT2D eigenvalue weighted by molar-refractivity contribution is 5.98. The summed E-state index contributed by atoms with van der Waals surface area (Å²) in [7, 11) is 0. The first-order valence-corrected chi connectivity index (χ1v) is 4.58. The predicted octanol–water partition coefficient (Wildman–Crippen LogP) is 1.21. The topological polar surface area (TPSA) is 47.6 Å². The molecule has 1 aromatic rings. The van der Waals surface area contributed by atoms with Gasteiger partial charge >= 0.3 is 0 Å². The average molecular weight is 209 g/mol. The minimum absolute atomic E-state index is 0.0483. The van der Waals surface area contributed by atoms with Gasteiger partial charge in [0.1, 0.15) is 0 Å². The maximum absolute atomic E-state index is 11.8. The van der Waals surface area contributed by atoms with Crippen LogP contribution in [-0.2, 0) is 0 Å². The standard InChI is InChI=1S/C11H13NO3/c1-2-12-6-9(13)8-3-4-10-11(5-8)15-7-14-10/h3-5,12H,2,6-7H2,1H3/i1D,2D. The Balaban J connectivity index is 2.00. The van der Waals surface area contributed by atoms with Gasteiger partial charge in [0.05, 0.1) is 6.54 Å². The number of Topliss-reactive ketones (excluding diaryl/α,β-unsaturated/α-hetero) is 1. The Morgan fingerprint density at radius 2 is 2.47 bits per heavy atom. The van der Waals surface area contributed by atoms with Crippen molar-refractivity contribution in [3.63, 3.8) is 0 Å². The van der Waals surface area contributed by atoms with E-state index in [4.69, 9.17) is 12.2 Å². The van der Waals surface area contributed by atoms with E-state index in [9.17, 15) is 4.79 Å². The lowest BCUT2D eigenvalue weighted by molar-refractivity contribution is 0.0991. The van der Waals surface area contributed by atoms with Crippen LogP contribution in [0.5, 0.6) is 11.5 Å². The zero-order valence-electron chi connectivity index (χ0n) is 10.2. The summed E-state index contributed by atoms with van der Waals surface area (Å²) in [5.74, 6) is 1.08. The number of hydrogen-bond donors (Lipinski definition) is 1. The molecule has 4 nitrogen and oxygen atoms in total. The highest BCUT2D eigenvalue weighted by atomic mass is 16.7. The van der Waals surface area contributed by atoms with Crippen LogP contribution in [-0.4, -0.2) is 25.6 Å². The van der Waals surface area contributed by atoms with Gasteiger partial charge in [-0.3, -0.25) is 4.79 Å². The Kier molecular flexibility index (Phi) is 2.22. The number of carbonyl (C=O) groups excluding carboxylic acids is 1. The third-order valence-electron chi connectivity index (χ3n) is 2.10. The van der Waals surface area contributed by atoms with E-state index >= 15 is 0 Å². The van der Waals surface area contributed by atoms with Crippen molar-refractivity contribution >= 4 is 5.78 Å². The quantitative estimate of drug-likeness (QED) is 0.757. The summed E-state index contributed by atoms with van der Waals surface area (Å²) in [5, 5.41) is 2.66. The van der Waals surface area contributed by atoms with Crippen molar-refractivity contribution in [3.8, 4) is 11.5 Å². The molecule has 0 saturated carbocycles. The van der Waals surface area contributed by atoms with E-state index in [1.54, 1.807) is 18.2 Å². The van der Waals surface area contributed by atoms with E-state index in [-0.39, 0.29) is 26.0 Å². The second kappa shape index (κ2) is 4.31. The molecule has 0 amide bonds. The first-order valence-electron chi connectivity index (χ1n) is 5.87. The van der Waals surface area contributed by atoms with Crippen molar-refractivity contribution < 1.29 is 17.0 Å². The SMILES string of the molecule is [2H]CC([2H])NCC(=O)c1ccc2c(c1)OCO2. The van der Waals surface area contributed by atoms with Crippen LogP contribution in [0.25, 0.3) is 0 Å². The van der Waals surface area contributed by atoms with Gasteiger partial charge in [-0.2, -0.15) is 0 Å². The Hall–Kier alpha value is -1.55. The minimum atomic E-state index is -0.729. The summed E-state index contributed by atoms with van der Waals surface area (Å²) in [6, 6.07) is 4.99. The molecule has 1 aliphatic heterocycles. The summed E-state index contributed by atoms with van der Waals surface area (Å²) < 4.78 is 24.6. The zero-order chi connectivity index (χ0) is 12.3. The normalized spacial score (nSPS) is 16.8. The van der Waals surface area contributed by atoms with Crippen molar-refractivity contribution in [1.29, 1.82) is 0 Å². The highest BCUT2D eigenvalue weighted by Gasteiger charge is 2.15. The van der Waals surface area contributed by atoms with Gasteiger partial charge in [-0.25, -0.2) is 0 Å². The Bertz CT molecular complexity index is 425. The number of carbonyl (C=O) groups is 1. The van der Waals surface area contributed by atoms with Crippen molar-refractivity contribution in [2.24, 2.45) is 0 Å². The molecule has 1 N–H and O–H groups in total. The molecule has 1 unspecified atom stereocenters. The number of nitrogens with one attached hydrogen (secondary N) is 1. The number of ether oxygens (including phenoxy) is 2. The number of benzene rings is 1. The lowest BCUT2D eigenvalue weighted by Gasteiger charge is -2.02. The van der Waals surface area contributed by atoms with Crippen molar-refractivity contribution in [2.75, 3.05) is 19.9 Å². The third-order valence-corrected chi connectivity index (χ3v) is 2.10. The molecule has 2 rings (SSSR count). The molecule has 0 saturated heterocycles. The van der Waals surface area contributed by atoms with Gasteiger partial charge in [0.2, 0.25) is 6.79 Å². The summed E-state index contributed by atoms with van der Waals surface area (Å²) in [6.07, 6.45) is 0. The second-order valence-corrected chi connectivity index (χ2v) is 3.08. The monoisotopic (exact) mass is 209 g/mol. The molecule has 0 radical (unpaired) electrons. The van der Waals surface area contributed by atoms with Gasteiger partial charge in [0.25, 0.3) is 0 Å². The van der Waals surface area contributed by atoms with E-state index in [0.29, 0.717) is 17.1 Å². The van der Waals surface area contributed by atoms with Gasteiger partial charge < -0.3 is 14.8 Å². The number of ketones is 1. The van der Waals surface area contributed by atoms with Gasteiger partial charge in [-0.1, -0.05) is 6.90 Å². The number of likely N-dealkylation sites (N-methyl/N-ethyl adjacent to an activating group) is 1. The molecule has 4 heteroatoms. The minimum Gasteiger partial charge on any atom is -0.454 e. The van der Waals surface area contributed by atoms with Crippen LogP contribution >= 0.6 is 0 Å². The number of hydrogen-bond acceptors (Lipinski definition) is 4. The van der Waals surface area contributed by atoms with E-state index in [1.807, 2.05) is 0 Å². The second-order valence-electron chi connectivity index (χ2n) is 3.08. The molecule has 0 aliphatic carbocycles. The van der Waals surface area contributed by atoms with E-state index in [1.165, 1.54) is 0 Å². The van der Waals surface area contributed by atoms with Crippen LogP contribution < -0.4 is 14.8 Å². The van der Waals surface area contributed by atoms with Crippen LogP contribution in [0.2, 0.25) is 0 Å². The van der Waals surface area contributed by atoms with Crippen LogP contribution in [0.1, 0.15) is 20.0 Å². The fourth-order valence-corrected chi connectivity index (χ4v) is 1.34. The summed E-state index contributed by atoms with van der Waals surface area (Å²) in [5.41, 5.74) is 0.513. The van der Waals surface area contributed by atoms with Gasteiger partial charge in [0, 0.05) is 8.30 Å². The molecule has 1 aromatic carbocycles. The van der Waals surface area contributed by atoms with Crippen LogP contribution in [0, 0.1) is 0 Å². The van der Waals surface area contributed by atoms with E-state index in [0.717, 1.165) is 0 Å². The molecule has 0 bridgehead atoms. The maximum Gasteiger partial charge on any atom is 0.231 e. The van der Waals surface area contributed by atoms with Gasteiger partial charge in [0.15, 0.2) is 17.3 Å². The van der Waals surface area contributed by atoms with Crippen molar-refractivity contribution in [3.05, 3.63) is 23.8 Å². The maximum atomic E-state index is 11.8. The van der Waals surface area contributed by atoms with Crippen LogP contribution in [0.4, 0.5) is 0 Å². The third kappa shape index (κ3) is 2.10. The number of fused-ring (bicyclic) bond motifs is 1. The smallest absolute Gasteiger partial charge is 0.231 e. The lowest BCUT2D eigenvalue weighted by atomic mass is 10.1. The van der Waals surface area contributed by atoms with Crippen LogP contribution in [0.15, 0.2) is 18.2 Å². The van der Waals surface area contributed by atoms with Gasteiger partial charge in [-0.05, 0) is 24.7 Å². The molecule has 1 aliphatic rings. The number of rotatable bonds is 4. The summed E-state index contributed by atoms with van der Waals surface area (Å²) in [6.45, 7) is -0.576. The van der Waals surface area contributed by atoms with Crippen molar-refractivity contribution in [1.82, 2.24) is 5.32 Å².